The zero-order valence-electron chi connectivity index (χ0n) is 25.3. The average molecular weight is 617 g/mol. The van der Waals surface area contributed by atoms with Crippen LogP contribution in [-0.4, -0.2) is 102 Å². The van der Waals surface area contributed by atoms with E-state index in [2.05, 4.69) is 9.80 Å². The lowest BCUT2D eigenvalue weighted by atomic mass is 10.2. The SMILES string of the molecule is COc1cc2nc(CCCN3CCN(CCCc4nc5cc(OC)c(OC)c(OC)c5s4)CC3)sc2c(OC)c1OC. The molecule has 1 aliphatic rings. The normalized spacial score (nSPS) is 14.4. The van der Waals surface area contributed by atoms with Gasteiger partial charge in [0.2, 0.25) is 11.5 Å². The molecule has 1 aliphatic heterocycles. The number of benzene rings is 2. The smallest absolute Gasteiger partial charge is 0.204 e. The topological polar surface area (TPSA) is 87.6 Å². The molecule has 42 heavy (non-hydrogen) atoms. The number of methoxy groups -OCH3 is 6. The second kappa shape index (κ2) is 13.9. The van der Waals surface area contributed by atoms with Gasteiger partial charge in [-0.25, -0.2) is 9.97 Å². The minimum Gasteiger partial charge on any atom is -0.493 e. The van der Waals surface area contributed by atoms with Crippen LogP contribution in [0.1, 0.15) is 22.9 Å². The van der Waals surface area contributed by atoms with Crippen LogP contribution >= 0.6 is 22.7 Å². The van der Waals surface area contributed by atoms with Gasteiger partial charge in [0.25, 0.3) is 0 Å². The lowest BCUT2D eigenvalue weighted by Crippen LogP contribution is -2.46. The van der Waals surface area contributed by atoms with Crippen molar-refractivity contribution in [2.45, 2.75) is 25.7 Å². The molecular formula is C30H40N4O6S2. The number of nitrogens with zero attached hydrogens (tertiary/aromatic N) is 4. The van der Waals surface area contributed by atoms with Crippen molar-refractivity contribution in [3.05, 3.63) is 22.1 Å². The van der Waals surface area contributed by atoms with E-state index >= 15 is 0 Å². The van der Waals surface area contributed by atoms with Crippen molar-refractivity contribution in [1.82, 2.24) is 19.8 Å². The van der Waals surface area contributed by atoms with E-state index in [1.54, 1.807) is 65.3 Å². The monoisotopic (exact) mass is 616 g/mol. The van der Waals surface area contributed by atoms with Crippen LogP contribution in [0, 0.1) is 0 Å². The Morgan fingerprint density at radius 1 is 0.571 bits per heavy atom. The minimum atomic E-state index is 0.613. The fourth-order valence-corrected chi connectivity index (χ4v) is 7.71. The minimum absolute atomic E-state index is 0.613. The van der Waals surface area contributed by atoms with Crippen molar-refractivity contribution < 1.29 is 28.4 Å². The van der Waals surface area contributed by atoms with Gasteiger partial charge in [-0.1, -0.05) is 0 Å². The molecule has 3 heterocycles. The third-order valence-corrected chi connectivity index (χ3v) is 9.91. The molecule has 0 aliphatic carbocycles. The van der Waals surface area contributed by atoms with Gasteiger partial charge in [-0.15, -0.1) is 22.7 Å². The van der Waals surface area contributed by atoms with E-state index in [9.17, 15) is 0 Å². The molecule has 2 aromatic heterocycles. The maximum absolute atomic E-state index is 5.64. The highest BCUT2D eigenvalue weighted by Gasteiger charge is 2.22. The fraction of sp³-hybridized carbons (Fsp3) is 0.533. The molecule has 0 amide bonds. The summed E-state index contributed by atoms with van der Waals surface area (Å²) in [6, 6.07) is 3.86. The second-order valence-corrected chi connectivity index (χ2v) is 12.3. The van der Waals surface area contributed by atoms with Crippen molar-refractivity contribution in [1.29, 1.82) is 0 Å². The summed E-state index contributed by atoms with van der Waals surface area (Å²) in [5.74, 6) is 3.88. The molecule has 0 radical (unpaired) electrons. The summed E-state index contributed by atoms with van der Waals surface area (Å²) in [7, 11) is 9.83. The van der Waals surface area contributed by atoms with Crippen molar-refractivity contribution in [3.8, 4) is 34.5 Å². The number of aryl methyl sites for hydroxylation is 2. The molecule has 0 N–H and O–H groups in total. The van der Waals surface area contributed by atoms with E-state index in [1.165, 1.54) is 0 Å². The first-order valence-electron chi connectivity index (χ1n) is 14.1. The summed E-state index contributed by atoms with van der Waals surface area (Å²) in [6.45, 7) is 6.54. The lowest BCUT2D eigenvalue weighted by molar-refractivity contribution is 0.130. The molecule has 2 aromatic carbocycles. The molecule has 12 heteroatoms. The highest BCUT2D eigenvalue weighted by atomic mass is 32.1. The van der Waals surface area contributed by atoms with Crippen LogP contribution in [0.5, 0.6) is 34.5 Å². The van der Waals surface area contributed by atoms with Gasteiger partial charge >= 0.3 is 0 Å². The van der Waals surface area contributed by atoms with E-state index in [1.807, 2.05) is 12.1 Å². The van der Waals surface area contributed by atoms with E-state index in [0.717, 1.165) is 95.4 Å². The Labute approximate surface area is 255 Å². The number of rotatable bonds is 14. The predicted octanol–water partition coefficient (Wildman–Crippen LogP) is 5.14. The Kier molecular flexibility index (Phi) is 10.1. The standard InChI is InChI=1S/C30H40N4O6S2/c1-35-21-17-19-29(27(39-5)25(21)37-3)41-23(31-19)9-7-11-33-13-15-34(16-14-33)12-8-10-24-32-20-18-22(36-2)26(38-4)28(40-6)30(20)42-24/h17-18H,7-16H2,1-6H3. The third-order valence-electron chi connectivity index (χ3n) is 7.65. The van der Waals surface area contributed by atoms with Gasteiger partial charge in [0.05, 0.1) is 63.7 Å². The average Bonchev–Trinajstić information content (AvgIpc) is 3.62. The Morgan fingerprint density at radius 3 is 1.29 bits per heavy atom. The van der Waals surface area contributed by atoms with Crippen LogP contribution < -0.4 is 28.4 Å². The van der Waals surface area contributed by atoms with Crippen molar-refractivity contribution in [2.24, 2.45) is 0 Å². The zero-order valence-corrected chi connectivity index (χ0v) is 26.9. The van der Waals surface area contributed by atoms with Gasteiger partial charge in [0.15, 0.2) is 23.0 Å². The summed E-state index contributed by atoms with van der Waals surface area (Å²) >= 11 is 3.35. The van der Waals surface area contributed by atoms with Crippen molar-refractivity contribution in [3.63, 3.8) is 0 Å². The van der Waals surface area contributed by atoms with Crippen LogP contribution in [0.3, 0.4) is 0 Å². The van der Waals surface area contributed by atoms with E-state index in [0.29, 0.717) is 34.5 Å². The third kappa shape index (κ3) is 6.31. The molecule has 0 spiro atoms. The van der Waals surface area contributed by atoms with Crippen molar-refractivity contribution in [2.75, 3.05) is 81.9 Å². The summed E-state index contributed by atoms with van der Waals surface area (Å²) in [4.78, 5) is 14.8. The summed E-state index contributed by atoms with van der Waals surface area (Å²) in [6.07, 6.45) is 4.04. The fourth-order valence-electron chi connectivity index (χ4n) is 5.51. The largest absolute Gasteiger partial charge is 0.493 e. The van der Waals surface area contributed by atoms with E-state index in [4.69, 9.17) is 38.4 Å². The quantitative estimate of drug-likeness (QED) is 0.190. The van der Waals surface area contributed by atoms with E-state index < -0.39 is 0 Å². The second-order valence-electron chi connectivity index (χ2n) is 10.1. The Morgan fingerprint density at radius 2 is 0.952 bits per heavy atom. The number of piperazine rings is 1. The highest BCUT2D eigenvalue weighted by Crippen LogP contribution is 2.46. The van der Waals surface area contributed by atoms with Crippen LogP contribution in [0.2, 0.25) is 0 Å². The summed E-state index contributed by atoms with van der Waals surface area (Å²) in [5.41, 5.74) is 1.78. The molecule has 0 atom stereocenters. The van der Waals surface area contributed by atoms with Gasteiger partial charge in [0, 0.05) is 51.2 Å². The molecule has 1 saturated heterocycles. The summed E-state index contributed by atoms with van der Waals surface area (Å²) in [5, 5.41) is 2.23. The Hall–Kier alpha value is -3.06. The van der Waals surface area contributed by atoms with Crippen LogP contribution in [-0.2, 0) is 12.8 Å². The Balaban J connectivity index is 1.08. The number of fused-ring (bicyclic) bond motifs is 2. The molecule has 4 aromatic rings. The molecule has 0 saturated carbocycles. The molecule has 228 valence electrons. The van der Waals surface area contributed by atoms with Crippen LogP contribution in [0.15, 0.2) is 12.1 Å². The molecular weight excluding hydrogens is 576 g/mol. The number of hydrogen-bond donors (Lipinski definition) is 0. The molecule has 0 bridgehead atoms. The first-order valence-corrected chi connectivity index (χ1v) is 15.8. The summed E-state index contributed by atoms with van der Waals surface area (Å²) < 4.78 is 35.3. The maximum atomic E-state index is 5.64. The first kappa shape index (κ1) is 30.4. The van der Waals surface area contributed by atoms with E-state index in [-0.39, 0.29) is 0 Å². The number of aromatic nitrogens is 2. The van der Waals surface area contributed by atoms with Gasteiger partial charge in [0.1, 0.15) is 9.40 Å². The number of hydrogen-bond acceptors (Lipinski definition) is 12. The van der Waals surface area contributed by atoms with Crippen molar-refractivity contribution >= 4 is 43.1 Å². The highest BCUT2D eigenvalue weighted by molar-refractivity contribution is 7.19. The Bertz CT molecular complexity index is 1390. The molecule has 5 rings (SSSR count). The number of ether oxygens (including phenoxy) is 6. The maximum Gasteiger partial charge on any atom is 0.204 e. The van der Waals surface area contributed by atoms with Gasteiger partial charge in [-0.2, -0.15) is 0 Å². The molecule has 0 unspecified atom stereocenters. The van der Waals surface area contributed by atoms with Crippen LogP contribution in [0.25, 0.3) is 20.4 Å². The lowest BCUT2D eigenvalue weighted by Gasteiger charge is -2.34. The molecule has 1 fully saturated rings. The van der Waals surface area contributed by atoms with Gasteiger partial charge < -0.3 is 38.2 Å². The van der Waals surface area contributed by atoms with Gasteiger partial charge in [-0.3, -0.25) is 0 Å². The first-order chi connectivity index (χ1) is 20.5. The molecule has 10 nitrogen and oxygen atoms in total. The van der Waals surface area contributed by atoms with Gasteiger partial charge in [-0.05, 0) is 25.9 Å². The number of thiazole rings is 2. The predicted molar refractivity (Wildman–Crippen MR) is 168 cm³/mol. The zero-order chi connectivity index (χ0) is 29.6. The van der Waals surface area contributed by atoms with Crippen LogP contribution in [0.4, 0.5) is 0 Å².